The fraction of sp³-hybridized carbons (Fsp3) is 0.609. The molecule has 0 aromatic heterocycles. The summed E-state index contributed by atoms with van der Waals surface area (Å²) in [4.78, 5) is 36.8. The molecule has 0 unspecified atom stereocenters. The maximum Gasteiger partial charge on any atom is 0.407 e. The molecule has 31 heavy (non-hydrogen) atoms. The van der Waals surface area contributed by atoms with Crippen LogP contribution in [0.1, 0.15) is 52.0 Å². The second-order valence-electron chi connectivity index (χ2n) is 9.02. The average molecular weight is 497 g/mol. The highest BCUT2D eigenvalue weighted by Gasteiger charge is 2.30. The second-order valence-corrected chi connectivity index (χ2v) is 9.93. The standard InChI is InChI=1S/C23H33BrN2O5/c1-23(2,3)31-22(29)25-14-16-5-9-17(10-6-16)20(27)26-19(21(28)30-4)13-15-7-11-18(24)12-8-15/h7-8,11-12,16-17,19H,5-6,9-10,13-14H2,1-4H3,(H,25,29)(H,26,27)/t16?,17?,19-/m0/s1. The van der Waals surface area contributed by atoms with Crippen LogP contribution >= 0.6 is 15.9 Å². The predicted octanol–water partition coefficient (Wildman–Crippen LogP) is 3.98. The van der Waals surface area contributed by atoms with Crippen LogP contribution in [0.15, 0.2) is 28.7 Å². The van der Waals surface area contributed by atoms with Crippen LogP contribution in [0.2, 0.25) is 0 Å². The minimum Gasteiger partial charge on any atom is -0.467 e. The summed E-state index contributed by atoms with van der Waals surface area (Å²) in [6, 6.07) is 6.91. The SMILES string of the molecule is COC(=O)[C@H](Cc1ccc(Br)cc1)NC(=O)C1CCC(CNC(=O)OC(C)(C)C)CC1. The fourth-order valence-corrected chi connectivity index (χ4v) is 3.92. The molecule has 1 atom stereocenters. The Balaban J connectivity index is 1.82. The van der Waals surface area contributed by atoms with Gasteiger partial charge in [-0.25, -0.2) is 9.59 Å². The highest BCUT2D eigenvalue weighted by molar-refractivity contribution is 9.10. The van der Waals surface area contributed by atoms with Crippen molar-refractivity contribution in [2.45, 2.75) is 64.5 Å². The van der Waals surface area contributed by atoms with E-state index < -0.39 is 23.7 Å². The lowest BCUT2D eigenvalue weighted by Gasteiger charge is -2.29. The van der Waals surface area contributed by atoms with E-state index in [9.17, 15) is 14.4 Å². The molecule has 1 fully saturated rings. The topological polar surface area (TPSA) is 93.7 Å². The van der Waals surface area contributed by atoms with Gasteiger partial charge in [0, 0.05) is 23.4 Å². The molecule has 0 bridgehead atoms. The molecule has 1 aliphatic rings. The van der Waals surface area contributed by atoms with E-state index in [0.29, 0.717) is 18.9 Å². The van der Waals surface area contributed by atoms with Crippen molar-refractivity contribution in [3.63, 3.8) is 0 Å². The number of hydrogen-bond donors (Lipinski definition) is 2. The molecule has 0 heterocycles. The lowest BCUT2D eigenvalue weighted by Crippen LogP contribution is -2.46. The first-order chi connectivity index (χ1) is 14.6. The summed E-state index contributed by atoms with van der Waals surface area (Å²) in [5.74, 6) is -0.400. The van der Waals surface area contributed by atoms with Crippen LogP contribution in [0.4, 0.5) is 4.79 Å². The molecule has 0 aliphatic heterocycles. The van der Waals surface area contributed by atoms with Crippen molar-refractivity contribution >= 4 is 33.9 Å². The zero-order valence-corrected chi connectivity index (χ0v) is 20.3. The molecule has 8 heteroatoms. The van der Waals surface area contributed by atoms with Gasteiger partial charge >= 0.3 is 12.1 Å². The molecular formula is C23H33BrN2O5. The van der Waals surface area contributed by atoms with Gasteiger partial charge in [-0.3, -0.25) is 4.79 Å². The van der Waals surface area contributed by atoms with Gasteiger partial charge in [0.1, 0.15) is 11.6 Å². The van der Waals surface area contributed by atoms with Gasteiger partial charge in [0.05, 0.1) is 7.11 Å². The molecule has 1 saturated carbocycles. The first-order valence-electron chi connectivity index (χ1n) is 10.7. The van der Waals surface area contributed by atoms with Gasteiger partial charge in [-0.15, -0.1) is 0 Å². The predicted molar refractivity (Wildman–Crippen MR) is 121 cm³/mol. The zero-order valence-electron chi connectivity index (χ0n) is 18.7. The number of rotatable bonds is 7. The third-order valence-corrected chi connectivity index (χ3v) is 5.84. The van der Waals surface area contributed by atoms with Gasteiger partial charge in [-0.05, 0) is 70.1 Å². The Morgan fingerprint density at radius 2 is 1.71 bits per heavy atom. The minimum absolute atomic E-state index is 0.119. The van der Waals surface area contributed by atoms with Gasteiger partial charge in [0.25, 0.3) is 0 Å². The smallest absolute Gasteiger partial charge is 0.407 e. The normalized spacial score (nSPS) is 19.8. The molecule has 172 valence electrons. The molecule has 0 saturated heterocycles. The van der Waals surface area contributed by atoms with E-state index in [4.69, 9.17) is 9.47 Å². The molecule has 0 spiro atoms. The third kappa shape index (κ3) is 8.89. The van der Waals surface area contributed by atoms with Gasteiger partial charge in [0.2, 0.25) is 5.91 Å². The summed E-state index contributed by atoms with van der Waals surface area (Å²) in [5, 5.41) is 5.69. The average Bonchev–Trinajstić information content (AvgIpc) is 2.71. The Kier molecular flexibility index (Phi) is 9.34. The van der Waals surface area contributed by atoms with Crippen molar-refractivity contribution in [2.75, 3.05) is 13.7 Å². The summed E-state index contributed by atoms with van der Waals surface area (Å²) in [7, 11) is 1.33. The van der Waals surface area contributed by atoms with Crippen LogP contribution in [0, 0.1) is 11.8 Å². The van der Waals surface area contributed by atoms with E-state index in [1.54, 1.807) is 0 Å². The Morgan fingerprint density at radius 1 is 1.10 bits per heavy atom. The van der Waals surface area contributed by atoms with Crippen LogP contribution in [0.3, 0.4) is 0 Å². The first-order valence-corrected chi connectivity index (χ1v) is 11.5. The largest absolute Gasteiger partial charge is 0.467 e. The van der Waals surface area contributed by atoms with Crippen LogP contribution in [-0.2, 0) is 25.5 Å². The minimum atomic E-state index is -0.717. The summed E-state index contributed by atoms with van der Waals surface area (Å²) in [6.07, 6.45) is 3.08. The molecule has 2 N–H and O–H groups in total. The van der Waals surface area contributed by atoms with Gasteiger partial charge < -0.3 is 20.1 Å². The van der Waals surface area contributed by atoms with Crippen LogP contribution in [0.25, 0.3) is 0 Å². The Morgan fingerprint density at radius 3 is 2.26 bits per heavy atom. The zero-order chi connectivity index (χ0) is 23.0. The Labute approximate surface area is 192 Å². The van der Waals surface area contributed by atoms with Crippen molar-refractivity contribution in [2.24, 2.45) is 11.8 Å². The summed E-state index contributed by atoms with van der Waals surface area (Å²) in [6.45, 7) is 6.02. The lowest BCUT2D eigenvalue weighted by atomic mass is 9.81. The number of nitrogens with one attached hydrogen (secondary N) is 2. The van der Waals surface area contributed by atoms with Crippen molar-refractivity contribution in [3.8, 4) is 0 Å². The van der Waals surface area contributed by atoms with E-state index in [-0.39, 0.29) is 11.8 Å². The first kappa shape index (κ1) is 25.2. The summed E-state index contributed by atoms with van der Waals surface area (Å²) >= 11 is 3.39. The van der Waals surface area contributed by atoms with Gasteiger partial charge in [-0.1, -0.05) is 28.1 Å². The number of halogens is 1. The number of esters is 1. The number of alkyl carbamates (subject to hydrolysis) is 1. The maximum atomic E-state index is 12.8. The number of carbonyl (C=O) groups excluding carboxylic acids is 3. The van der Waals surface area contributed by atoms with Crippen molar-refractivity contribution in [1.82, 2.24) is 10.6 Å². The number of amides is 2. The highest BCUT2D eigenvalue weighted by atomic mass is 79.9. The van der Waals surface area contributed by atoms with Crippen molar-refractivity contribution in [3.05, 3.63) is 34.3 Å². The van der Waals surface area contributed by atoms with E-state index >= 15 is 0 Å². The molecule has 1 aromatic carbocycles. The summed E-state index contributed by atoms with van der Waals surface area (Å²) < 4.78 is 11.1. The molecule has 0 radical (unpaired) electrons. The fourth-order valence-electron chi connectivity index (χ4n) is 3.65. The number of methoxy groups -OCH3 is 1. The number of ether oxygens (including phenoxy) is 2. The molecule has 7 nitrogen and oxygen atoms in total. The molecule has 1 aliphatic carbocycles. The Hall–Kier alpha value is -2.09. The quantitative estimate of drug-likeness (QED) is 0.556. The van der Waals surface area contributed by atoms with Crippen LogP contribution < -0.4 is 10.6 Å². The maximum absolute atomic E-state index is 12.8. The van der Waals surface area contributed by atoms with Crippen molar-refractivity contribution in [1.29, 1.82) is 0 Å². The monoisotopic (exact) mass is 496 g/mol. The van der Waals surface area contributed by atoms with Gasteiger partial charge in [0.15, 0.2) is 0 Å². The molecule has 2 rings (SSSR count). The highest BCUT2D eigenvalue weighted by Crippen LogP contribution is 2.29. The molecule has 1 aromatic rings. The van der Waals surface area contributed by atoms with E-state index in [0.717, 1.165) is 35.7 Å². The summed E-state index contributed by atoms with van der Waals surface area (Å²) in [5.41, 5.74) is 0.419. The third-order valence-electron chi connectivity index (χ3n) is 5.31. The van der Waals surface area contributed by atoms with E-state index in [1.165, 1.54) is 7.11 Å². The number of hydrogen-bond acceptors (Lipinski definition) is 5. The van der Waals surface area contributed by atoms with Crippen LogP contribution in [0.5, 0.6) is 0 Å². The van der Waals surface area contributed by atoms with Gasteiger partial charge in [-0.2, -0.15) is 0 Å². The lowest BCUT2D eigenvalue weighted by molar-refractivity contribution is -0.145. The van der Waals surface area contributed by atoms with Crippen LogP contribution in [-0.4, -0.2) is 43.3 Å². The molecular weight excluding hydrogens is 464 g/mol. The number of carbonyl (C=O) groups is 3. The number of benzene rings is 1. The second kappa shape index (κ2) is 11.5. The van der Waals surface area contributed by atoms with E-state index in [1.807, 2.05) is 45.0 Å². The molecule has 2 amide bonds. The van der Waals surface area contributed by atoms with E-state index in [2.05, 4.69) is 26.6 Å². The Bertz CT molecular complexity index is 752. The van der Waals surface area contributed by atoms with Crippen molar-refractivity contribution < 1.29 is 23.9 Å².